The largest absolute Gasteiger partial charge is 0.313 e. The molecule has 1 saturated carbocycles. The van der Waals surface area contributed by atoms with Crippen LogP contribution >= 0.6 is 0 Å². The Morgan fingerprint density at radius 2 is 2.35 bits per heavy atom. The maximum Gasteiger partial charge on any atom is 0.226 e. The number of rotatable bonds is 6. The molecule has 0 spiro atoms. The van der Waals surface area contributed by atoms with E-state index in [9.17, 15) is 4.79 Å². The lowest BCUT2D eigenvalue weighted by atomic mass is 10.1. The molecular formula is C12H20N4O. The van der Waals surface area contributed by atoms with Gasteiger partial charge in [-0.2, -0.15) is 5.10 Å². The fraction of sp³-hybridized carbons (Fsp3) is 0.667. The van der Waals surface area contributed by atoms with Gasteiger partial charge in [-0.25, -0.2) is 0 Å². The van der Waals surface area contributed by atoms with E-state index in [0.29, 0.717) is 24.2 Å². The fourth-order valence-corrected chi connectivity index (χ4v) is 1.58. The molecule has 5 heteroatoms. The van der Waals surface area contributed by atoms with Gasteiger partial charge in [0, 0.05) is 30.8 Å². The first-order valence-corrected chi connectivity index (χ1v) is 6.23. The number of nitrogens with one attached hydrogen (secondary N) is 3. The number of hydrogen-bond acceptors (Lipinski definition) is 3. The highest BCUT2D eigenvalue weighted by molar-refractivity contribution is 5.89. The summed E-state index contributed by atoms with van der Waals surface area (Å²) in [6, 6.07) is 2.54. The quantitative estimate of drug-likeness (QED) is 0.703. The third kappa shape index (κ3) is 3.85. The number of amides is 1. The summed E-state index contributed by atoms with van der Waals surface area (Å²) in [7, 11) is 0. The van der Waals surface area contributed by atoms with E-state index in [4.69, 9.17) is 0 Å². The Hall–Kier alpha value is -1.36. The number of carbonyl (C=O) groups is 1. The Labute approximate surface area is 101 Å². The molecule has 1 heterocycles. The predicted molar refractivity (Wildman–Crippen MR) is 66.9 cm³/mol. The third-order valence-corrected chi connectivity index (χ3v) is 2.85. The SMILES string of the molecule is CC(C)c1cc(NC(=O)CCNC2CC2)n[nH]1. The molecule has 1 aliphatic rings. The summed E-state index contributed by atoms with van der Waals surface area (Å²) < 4.78 is 0. The number of carbonyl (C=O) groups excluding carboxylic acids is 1. The van der Waals surface area contributed by atoms with Crippen LogP contribution in [0.3, 0.4) is 0 Å². The molecule has 1 aromatic rings. The van der Waals surface area contributed by atoms with Gasteiger partial charge in [0.2, 0.25) is 5.91 Å². The van der Waals surface area contributed by atoms with Crippen LogP contribution in [0.25, 0.3) is 0 Å². The van der Waals surface area contributed by atoms with Gasteiger partial charge in [0.1, 0.15) is 0 Å². The molecule has 0 aliphatic heterocycles. The van der Waals surface area contributed by atoms with Crippen LogP contribution in [0.5, 0.6) is 0 Å². The number of aromatic amines is 1. The van der Waals surface area contributed by atoms with Gasteiger partial charge >= 0.3 is 0 Å². The van der Waals surface area contributed by atoms with E-state index in [1.54, 1.807) is 0 Å². The van der Waals surface area contributed by atoms with E-state index < -0.39 is 0 Å². The second-order valence-electron chi connectivity index (χ2n) is 4.89. The zero-order valence-electron chi connectivity index (χ0n) is 10.4. The first-order valence-electron chi connectivity index (χ1n) is 6.23. The summed E-state index contributed by atoms with van der Waals surface area (Å²) in [5, 5.41) is 13.1. The lowest BCUT2D eigenvalue weighted by molar-refractivity contribution is -0.116. The highest BCUT2D eigenvalue weighted by Gasteiger charge is 2.20. The zero-order chi connectivity index (χ0) is 12.3. The molecule has 2 rings (SSSR count). The van der Waals surface area contributed by atoms with Gasteiger partial charge in [0.15, 0.2) is 5.82 Å². The second kappa shape index (κ2) is 5.31. The predicted octanol–water partition coefficient (Wildman–Crippen LogP) is 1.61. The van der Waals surface area contributed by atoms with E-state index in [1.165, 1.54) is 12.8 Å². The van der Waals surface area contributed by atoms with E-state index in [-0.39, 0.29) is 5.91 Å². The lowest BCUT2D eigenvalue weighted by Gasteiger charge is -2.02. The molecule has 1 aliphatic carbocycles. The maximum atomic E-state index is 11.6. The number of nitrogens with zero attached hydrogens (tertiary/aromatic N) is 1. The Bertz CT molecular complexity index is 382. The van der Waals surface area contributed by atoms with Gasteiger partial charge in [-0.15, -0.1) is 0 Å². The summed E-state index contributed by atoms with van der Waals surface area (Å²) in [4.78, 5) is 11.6. The van der Waals surface area contributed by atoms with Crippen molar-refractivity contribution in [3.05, 3.63) is 11.8 Å². The first-order chi connectivity index (χ1) is 8.15. The Kier molecular flexibility index (Phi) is 3.78. The van der Waals surface area contributed by atoms with Crippen LogP contribution in [0.15, 0.2) is 6.07 Å². The zero-order valence-corrected chi connectivity index (χ0v) is 10.4. The minimum absolute atomic E-state index is 0.0138. The first kappa shape index (κ1) is 12.1. The average molecular weight is 236 g/mol. The molecule has 0 atom stereocenters. The van der Waals surface area contributed by atoms with Gasteiger partial charge in [0.25, 0.3) is 0 Å². The van der Waals surface area contributed by atoms with E-state index in [2.05, 4.69) is 34.7 Å². The van der Waals surface area contributed by atoms with Crippen molar-refractivity contribution in [1.82, 2.24) is 15.5 Å². The molecule has 0 unspecified atom stereocenters. The van der Waals surface area contributed by atoms with Crippen LogP contribution in [0.4, 0.5) is 5.82 Å². The van der Waals surface area contributed by atoms with Crippen molar-refractivity contribution in [1.29, 1.82) is 0 Å². The molecule has 1 amide bonds. The van der Waals surface area contributed by atoms with Crippen molar-refractivity contribution in [2.24, 2.45) is 0 Å². The standard InChI is InChI=1S/C12H20N4O/c1-8(2)10-7-11(16-15-10)14-12(17)5-6-13-9-3-4-9/h7-9,13H,3-6H2,1-2H3,(H2,14,15,16,17). The van der Waals surface area contributed by atoms with Crippen LogP contribution in [-0.2, 0) is 4.79 Å². The Morgan fingerprint density at radius 3 is 2.94 bits per heavy atom. The molecule has 3 N–H and O–H groups in total. The molecule has 5 nitrogen and oxygen atoms in total. The summed E-state index contributed by atoms with van der Waals surface area (Å²) in [5.41, 5.74) is 1.04. The number of H-pyrrole nitrogens is 1. The summed E-state index contributed by atoms with van der Waals surface area (Å²) in [6.45, 7) is 4.91. The number of anilines is 1. The Morgan fingerprint density at radius 1 is 1.59 bits per heavy atom. The van der Waals surface area contributed by atoms with Crippen LogP contribution in [-0.4, -0.2) is 28.7 Å². The average Bonchev–Trinajstić information content (AvgIpc) is 2.96. The Balaban J connectivity index is 1.72. The van der Waals surface area contributed by atoms with Gasteiger partial charge in [0.05, 0.1) is 0 Å². The topological polar surface area (TPSA) is 69.8 Å². The number of hydrogen-bond donors (Lipinski definition) is 3. The van der Waals surface area contributed by atoms with E-state index in [1.807, 2.05) is 6.07 Å². The molecule has 0 bridgehead atoms. The van der Waals surface area contributed by atoms with Gasteiger partial charge in [-0.1, -0.05) is 13.8 Å². The van der Waals surface area contributed by atoms with Crippen LogP contribution in [0.2, 0.25) is 0 Å². The fourth-order valence-electron chi connectivity index (χ4n) is 1.58. The smallest absolute Gasteiger partial charge is 0.226 e. The summed E-state index contributed by atoms with van der Waals surface area (Å²) in [6.07, 6.45) is 3.00. The molecule has 0 saturated heterocycles. The maximum absolute atomic E-state index is 11.6. The third-order valence-electron chi connectivity index (χ3n) is 2.85. The second-order valence-corrected chi connectivity index (χ2v) is 4.89. The van der Waals surface area contributed by atoms with Crippen LogP contribution in [0.1, 0.15) is 44.7 Å². The highest BCUT2D eigenvalue weighted by Crippen LogP contribution is 2.18. The van der Waals surface area contributed by atoms with E-state index >= 15 is 0 Å². The minimum atomic E-state index is 0.0138. The molecule has 1 aromatic heterocycles. The normalized spacial score (nSPS) is 15.2. The molecule has 94 valence electrons. The minimum Gasteiger partial charge on any atom is -0.313 e. The van der Waals surface area contributed by atoms with Gasteiger partial charge < -0.3 is 10.6 Å². The monoisotopic (exact) mass is 236 g/mol. The van der Waals surface area contributed by atoms with Crippen molar-refractivity contribution in [3.8, 4) is 0 Å². The molecular weight excluding hydrogens is 216 g/mol. The lowest BCUT2D eigenvalue weighted by Crippen LogP contribution is -2.23. The molecule has 0 aromatic carbocycles. The molecule has 0 radical (unpaired) electrons. The van der Waals surface area contributed by atoms with Crippen molar-refractivity contribution < 1.29 is 4.79 Å². The van der Waals surface area contributed by atoms with Gasteiger partial charge in [-0.05, 0) is 18.8 Å². The number of aromatic nitrogens is 2. The van der Waals surface area contributed by atoms with E-state index in [0.717, 1.165) is 12.2 Å². The summed E-state index contributed by atoms with van der Waals surface area (Å²) in [5.74, 6) is 1.02. The van der Waals surface area contributed by atoms with Crippen molar-refractivity contribution in [2.75, 3.05) is 11.9 Å². The van der Waals surface area contributed by atoms with Crippen molar-refractivity contribution >= 4 is 11.7 Å². The molecule has 17 heavy (non-hydrogen) atoms. The van der Waals surface area contributed by atoms with Crippen molar-refractivity contribution in [3.63, 3.8) is 0 Å². The summed E-state index contributed by atoms with van der Waals surface area (Å²) >= 11 is 0. The molecule has 1 fully saturated rings. The van der Waals surface area contributed by atoms with Gasteiger partial charge in [-0.3, -0.25) is 9.89 Å². The van der Waals surface area contributed by atoms with Crippen LogP contribution < -0.4 is 10.6 Å². The highest BCUT2D eigenvalue weighted by atomic mass is 16.1. The van der Waals surface area contributed by atoms with Crippen LogP contribution in [0, 0.1) is 0 Å². The van der Waals surface area contributed by atoms with Crippen molar-refractivity contribution in [2.45, 2.75) is 45.1 Å².